The fraction of sp³-hybridized carbons (Fsp3) is 0.588. The van der Waals surface area contributed by atoms with Gasteiger partial charge in [0.1, 0.15) is 0 Å². The highest BCUT2D eigenvalue weighted by molar-refractivity contribution is 8.00. The molecule has 6 nitrogen and oxygen atoms in total. The summed E-state index contributed by atoms with van der Waals surface area (Å²) in [7, 11) is 1.64. The van der Waals surface area contributed by atoms with Crippen molar-refractivity contribution < 1.29 is 14.3 Å². The molecule has 24 heavy (non-hydrogen) atoms. The predicted octanol–water partition coefficient (Wildman–Crippen LogP) is 1.95. The zero-order valence-electron chi connectivity index (χ0n) is 14.3. The summed E-state index contributed by atoms with van der Waals surface area (Å²) in [4.78, 5) is 30.4. The third-order valence-corrected chi connectivity index (χ3v) is 4.92. The number of nitrogens with zero attached hydrogens (tertiary/aromatic N) is 2. The van der Waals surface area contributed by atoms with Gasteiger partial charge in [-0.2, -0.15) is 0 Å². The van der Waals surface area contributed by atoms with Crippen molar-refractivity contribution in [1.29, 1.82) is 0 Å². The molecule has 1 unspecified atom stereocenters. The van der Waals surface area contributed by atoms with Crippen LogP contribution in [-0.4, -0.2) is 60.3 Å². The third kappa shape index (κ3) is 5.49. The number of ether oxygens (including phenoxy) is 1. The van der Waals surface area contributed by atoms with Crippen molar-refractivity contribution in [2.45, 2.75) is 36.5 Å². The Balaban J connectivity index is 1.82. The van der Waals surface area contributed by atoms with Crippen molar-refractivity contribution in [1.82, 2.24) is 15.2 Å². The summed E-state index contributed by atoms with van der Waals surface area (Å²) in [6.07, 6.45) is 4.55. The monoisotopic (exact) mass is 351 g/mol. The van der Waals surface area contributed by atoms with Gasteiger partial charge in [-0.05, 0) is 38.3 Å². The second-order valence-electron chi connectivity index (χ2n) is 5.78. The quantitative estimate of drug-likeness (QED) is 0.572. The number of methoxy groups -OCH3 is 1. The number of rotatable bonds is 8. The largest absolute Gasteiger partial charge is 0.385 e. The van der Waals surface area contributed by atoms with Crippen LogP contribution in [0.15, 0.2) is 23.4 Å². The van der Waals surface area contributed by atoms with E-state index in [0.717, 1.165) is 37.4 Å². The van der Waals surface area contributed by atoms with Crippen LogP contribution in [0.5, 0.6) is 0 Å². The number of carbonyl (C=O) groups is 2. The first-order valence-electron chi connectivity index (χ1n) is 8.30. The van der Waals surface area contributed by atoms with E-state index >= 15 is 0 Å². The first-order valence-corrected chi connectivity index (χ1v) is 9.18. The molecule has 0 bridgehead atoms. The number of likely N-dealkylation sites (tertiary alicyclic amines) is 1. The summed E-state index contributed by atoms with van der Waals surface area (Å²) in [6.45, 7) is 4.75. The second kappa shape index (κ2) is 9.64. The van der Waals surface area contributed by atoms with Gasteiger partial charge in [-0.25, -0.2) is 4.98 Å². The van der Waals surface area contributed by atoms with E-state index in [1.165, 1.54) is 11.8 Å². The Bertz CT molecular complexity index is 545. The van der Waals surface area contributed by atoms with Gasteiger partial charge in [0.25, 0.3) is 5.91 Å². The van der Waals surface area contributed by atoms with Crippen molar-refractivity contribution in [3.63, 3.8) is 0 Å². The Morgan fingerprint density at radius 1 is 1.38 bits per heavy atom. The Morgan fingerprint density at radius 2 is 2.12 bits per heavy atom. The Labute approximate surface area is 147 Å². The van der Waals surface area contributed by atoms with E-state index < -0.39 is 0 Å². The van der Waals surface area contributed by atoms with Crippen LogP contribution >= 0.6 is 11.8 Å². The zero-order chi connectivity index (χ0) is 17.4. The van der Waals surface area contributed by atoms with Gasteiger partial charge in [0.05, 0.1) is 15.8 Å². The van der Waals surface area contributed by atoms with E-state index in [-0.39, 0.29) is 17.1 Å². The molecule has 1 aromatic heterocycles. The van der Waals surface area contributed by atoms with Crippen LogP contribution < -0.4 is 5.32 Å². The highest BCUT2D eigenvalue weighted by Crippen LogP contribution is 2.22. The maximum Gasteiger partial charge on any atom is 0.255 e. The molecule has 7 heteroatoms. The molecule has 1 atom stereocenters. The van der Waals surface area contributed by atoms with E-state index in [4.69, 9.17) is 4.74 Å². The average Bonchev–Trinajstić information content (AvgIpc) is 3.13. The molecule has 0 spiro atoms. The molecule has 2 amide bonds. The van der Waals surface area contributed by atoms with E-state index in [9.17, 15) is 9.59 Å². The lowest BCUT2D eigenvalue weighted by atomic mass is 10.2. The number of nitrogens with one attached hydrogen (secondary N) is 1. The minimum Gasteiger partial charge on any atom is -0.385 e. The van der Waals surface area contributed by atoms with Crippen LogP contribution in [0.4, 0.5) is 0 Å². The molecule has 0 aromatic carbocycles. The number of hydrogen-bond donors (Lipinski definition) is 1. The van der Waals surface area contributed by atoms with E-state index in [1.807, 2.05) is 17.9 Å². The van der Waals surface area contributed by atoms with Gasteiger partial charge < -0.3 is 15.0 Å². The second-order valence-corrected chi connectivity index (χ2v) is 7.14. The number of pyridine rings is 1. The maximum absolute atomic E-state index is 12.3. The molecule has 132 valence electrons. The van der Waals surface area contributed by atoms with Gasteiger partial charge in [0.2, 0.25) is 5.91 Å². The topological polar surface area (TPSA) is 71.5 Å². The summed E-state index contributed by atoms with van der Waals surface area (Å²) in [5.74, 6) is 0.0237. The number of aromatic nitrogens is 1. The highest BCUT2D eigenvalue weighted by Gasteiger charge is 2.20. The van der Waals surface area contributed by atoms with E-state index in [2.05, 4.69) is 10.3 Å². The van der Waals surface area contributed by atoms with Crippen molar-refractivity contribution in [3.05, 3.63) is 23.9 Å². The van der Waals surface area contributed by atoms with Crippen LogP contribution in [0.3, 0.4) is 0 Å². The Hall–Kier alpha value is -1.60. The summed E-state index contributed by atoms with van der Waals surface area (Å²) in [5, 5.41) is 3.38. The highest BCUT2D eigenvalue weighted by atomic mass is 32.2. The summed E-state index contributed by atoms with van der Waals surface area (Å²) in [5.41, 5.74) is 0.609. The van der Waals surface area contributed by atoms with Crippen LogP contribution in [-0.2, 0) is 9.53 Å². The molecule has 1 aliphatic rings. The van der Waals surface area contributed by atoms with Gasteiger partial charge in [0.15, 0.2) is 0 Å². The molecular weight excluding hydrogens is 326 g/mol. The van der Waals surface area contributed by atoms with Gasteiger partial charge in [-0.15, -0.1) is 0 Å². The lowest BCUT2D eigenvalue weighted by Gasteiger charge is -2.15. The standard InChI is InChI=1S/C17H25N3O3S/c1-13(16(21)18-8-5-11-23-2)24-15-7-6-14(12-19-15)17(22)20-9-3-4-10-20/h6-7,12-13H,3-5,8-11H2,1-2H3,(H,18,21). The Morgan fingerprint density at radius 3 is 2.75 bits per heavy atom. The molecule has 0 aliphatic carbocycles. The van der Waals surface area contributed by atoms with Gasteiger partial charge in [0, 0.05) is 39.5 Å². The fourth-order valence-corrected chi connectivity index (χ4v) is 3.30. The van der Waals surface area contributed by atoms with Crippen molar-refractivity contribution in [2.75, 3.05) is 33.4 Å². The first-order chi connectivity index (χ1) is 11.6. The van der Waals surface area contributed by atoms with Gasteiger partial charge >= 0.3 is 0 Å². The predicted molar refractivity (Wildman–Crippen MR) is 94.2 cm³/mol. The SMILES string of the molecule is COCCCNC(=O)C(C)Sc1ccc(C(=O)N2CCCC2)cn1. The lowest BCUT2D eigenvalue weighted by molar-refractivity contribution is -0.120. The normalized spacial score (nSPS) is 15.3. The molecule has 1 N–H and O–H groups in total. The third-order valence-electron chi connectivity index (χ3n) is 3.87. The number of amides is 2. The Kier molecular flexibility index (Phi) is 7.52. The van der Waals surface area contributed by atoms with Crippen molar-refractivity contribution in [2.24, 2.45) is 0 Å². The summed E-state index contributed by atoms with van der Waals surface area (Å²) in [6, 6.07) is 3.60. The van der Waals surface area contributed by atoms with Gasteiger partial charge in [-0.1, -0.05) is 11.8 Å². The summed E-state index contributed by atoms with van der Waals surface area (Å²) < 4.78 is 4.95. The molecule has 1 fully saturated rings. The van der Waals surface area contributed by atoms with Crippen molar-refractivity contribution in [3.8, 4) is 0 Å². The molecular formula is C17H25N3O3S. The molecule has 1 aromatic rings. The van der Waals surface area contributed by atoms with Crippen LogP contribution in [0.2, 0.25) is 0 Å². The zero-order valence-corrected chi connectivity index (χ0v) is 15.1. The molecule has 0 saturated carbocycles. The van der Waals surface area contributed by atoms with E-state index in [0.29, 0.717) is 18.7 Å². The summed E-state index contributed by atoms with van der Waals surface area (Å²) >= 11 is 1.39. The fourth-order valence-electron chi connectivity index (χ4n) is 2.49. The number of carbonyl (C=O) groups excluding carboxylic acids is 2. The number of hydrogen-bond acceptors (Lipinski definition) is 5. The smallest absolute Gasteiger partial charge is 0.255 e. The van der Waals surface area contributed by atoms with Gasteiger partial charge in [-0.3, -0.25) is 9.59 Å². The average molecular weight is 351 g/mol. The van der Waals surface area contributed by atoms with E-state index in [1.54, 1.807) is 19.4 Å². The molecule has 2 rings (SSSR count). The minimum atomic E-state index is -0.236. The van der Waals surface area contributed by atoms with Crippen LogP contribution in [0.1, 0.15) is 36.5 Å². The van der Waals surface area contributed by atoms with Crippen LogP contribution in [0.25, 0.3) is 0 Å². The molecule has 0 radical (unpaired) electrons. The molecule has 2 heterocycles. The van der Waals surface area contributed by atoms with Crippen LogP contribution in [0, 0.1) is 0 Å². The maximum atomic E-state index is 12.3. The first kappa shape index (κ1) is 18.7. The molecule has 1 saturated heterocycles. The lowest BCUT2D eigenvalue weighted by Crippen LogP contribution is -2.32. The number of thioether (sulfide) groups is 1. The minimum absolute atomic E-state index is 0.0184. The molecule has 1 aliphatic heterocycles. The van der Waals surface area contributed by atoms with Crippen molar-refractivity contribution >= 4 is 23.6 Å².